The van der Waals surface area contributed by atoms with Crippen LogP contribution in [0.15, 0.2) is 6.20 Å². The molecule has 0 unspecified atom stereocenters. The van der Waals surface area contributed by atoms with Crippen molar-refractivity contribution in [2.45, 2.75) is 0 Å². The molecule has 7 nitrogen and oxygen atoms in total. The lowest BCUT2D eigenvalue weighted by Gasteiger charge is -2.10. The molecule has 0 saturated carbocycles. The molecule has 0 aliphatic heterocycles. The van der Waals surface area contributed by atoms with Gasteiger partial charge in [0.1, 0.15) is 5.69 Å². The molecule has 18 heavy (non-hydrogen) atoms. The number of aromatic nitrogens is 2. The number of aryl methyl sites for hydroxylation is 1. The lowest BCUT2D eigenvalue weighted by atomic mass is 10.3. The largest absolute Gasteiger partial charge is 0.396 e. The van der Waals surface area contributed by atoms with E-state index >= 15 is 0 Å². The van der Waals surface area contributed by atoms with Gasteiger partial charge in [-0.25, -0.2) is 0 Å². The van der Waals surface area contributed by atoms with Crippen molar-refractivity contribution in [2.75, 3.05) is 46.1 Å². The number of nitrogens with zero attached hydrogens (tertiary/aromatic N) is 3. The minimum Gasteiger partial charge on any atom is -0.396 e. The Bertz CT molecular complexity index is 369. The molecular formula is C11H21N5O2. The Morgan fingerprint density at radius 2 is 2.28 bits per heavy atom. The minimum absolute atomic E-state index is 0.233. The van der Waals surface area contributed by atoms with Crippen LogP contribution in [0.1, 0.15) is 10.5 Å². The van der Waals surface area contributed by atoms with Gasteiger partial charge < -0.3 is 20.7 Å². The first kappa shape index (κ1) is 14.5. The fourth-order valence-corrected chi connectivity index (χ4v) is 1.40. The van der Waals surface area contributed by atoms with Gasteiger partial charge in [0.15, 0.2) is 0 Å². The molecule has 7 heteroatoms. The van der Waals surface area contributed by atoms with E-state index in [9.17, 15) is 4.79 Å². The summed E-state index contributed by atoms with van der Waals surface area (Å²) in [5.74, 6) is -0.233. The second-order valence-electron chi connectivity index (χ2n) is 4.24. The number of ether oxygens (including phenoxy) is 1. The Kier molecular flexibility index (Phi) is 5.60. The minimum atomic E-state index is -0.233. The van der Waals surface area contributed by atoms with Gasteiger partial charge in [-0.05, 0) is 14.1 Å². The molecule has 1 rings (SSSR count). The van der Waals surface area contributed by atoms with E-state index in [2.05, 4.69) is 10.4 Å². The lowest BCUT2D eigenvalue weighted by Crippen LogP contribution is -2.30. The number of nitrogens with two attached hydrogens (primary N) is 1. The Labute approximate surface area is 107 Å². The summed E-state index contributed by atoms with van der Waals surface area (Å²) in [6.45, 7) is 2.45. The van der Waals surface area contributed by atoms with Gasteiger partial charge in [-0.2, -0.15) is 5.10 Å². The number of hydrogen-bond donors (Lipinski definition) is 2. The van der Waals surface area contributed by atoms with E-state index in [1.165, 1.54) is 10.9 Å². The fourth-order valence-electron chi connectivity index (χ4n) is 1.40. The number of hydrogen-bond acceptors (Lipinski definition) is 5. The van der Waals surface area contributed by atoms with Gasteiger partial charge in [0.2, 0.25) is 0 Å². The zero-order valence-corrected chi connectivity index (χ0v) is 11.1. The van der Waals surface area contributed by atoms with Gasteiger partial charge in [0.25, 0.3) is 5.91 Å². The van der Waals surface area contributed by atoms with Gasteiger partial charge in [0.05, 0.1) is 25.1 Å². The number of amides is 1. The standard InChI is InChI=1S/C11H21N5O2/c1-15(2)5-7-18-6-4-13-11(17)10-9(12)8-14-16(10)3/h8H,4-7,12H2,1-3H3,(H,13,17). The van der Waals surface area contributed by atoms with E-state index in [1.807, 2.05) is 19.0 Å². The SMILES string of the molecule is CN(C)CCOCCNC(=O)c1c(N)cnn1C. The predicted molar refractivity (Wildman–Crippen MR) is 69.3 cm³/mol. The Hall–Kier alpha value is -1.60. The molecule has 0 spiro atoms. The molecule has 1 aromatic rings. The first-order valence-corrected chi connectivity index (χ1v) is 5.80. The molecule has 1 aromatic heterocycles. The third-order valence-electron chi connectivity index (χ3n) is 2.40. The van der Waals surface area contributed by atoms with Crippen LogP contribution in [-0.4, -0.2) is 61.0 Å². The highest BCUT2D eigenvalue weighted by Crippen LogP contribution is 2.08. The molecule has 1 heterocycles. The van der Waals surface area contributed by atoms with Crippen LogP contribution in [0.5, 0.6) is 0 Å². The number of rotatable bonds is 7. The summed E-state index contributed by atoms with van der Waals surface area (Å²) in [6, 6.07) is 0. The number of nitrogens with one attached hydrogen (secondary N) is 1. The maximum Gasteiger partial charge on any atom is 0.271 e. The van der Waals surface area contributed by atoms with E-state index in [1.54, 1.807) is 7.05 Å². The normalized spacial score (nSPS) is 10.9. The molecule has 0 aliphatic carbocycles. The van der Waals surface area contributed by atoms with Crippen LogP contribution in [0.25, 0.3) is 0 Å². The first-order chi connectivity index (χ1) is 8.52. The van der Waals surface area contributed by atoms with Crippen LogP contribution >= 0.6 is 0 Å². The number of carbonyl (C=O) groups excluding carboxylic acids is 1. The van der Waals surface area contributed by atoms with Crippen LogP contribution in [-0.2, 0) is 11.8 Å². The van der Waals surface area contributed by atoms with Crippen LogP contribution in [0.3, 0.4) is 0 Å². The average Bonchev–Trinajstić information content (AvgIpc) is 2.63. The van der Waals surface area contributed by atoms with Crippen LogP contribution < -0.4 is 11.1 Å². The van der Waals surface area contributed by atoms with Crippen LogP contribution in [0.2, 0.25) is 0 Å². The molecule has 0 radical (unpaired) electrons. The summed E-state index contributed by atoms with van der Waals surface area (Å²) in [5.41, 5.74) is 6.40. The highest BCUT2D eigenvalue weighted by Gasteiger charge is 2.13. The molecule has 0 saturated heterocycles. The van der Waals surface area contributed by atoms with E-state index in [-0.39, 0.29) is 5.91 Å². The van der Waals surface area contributed by atoms with Crippen molar-refractivity contribution >= 4 is 11.6 Å². The number of nitrogen functional groups attached to an aromatic ring is 1. The number of likely N-dealkylation sites (N-methyl/N-ethyl adjacent to an activating group) is 1. The van der Waals surface area contributed by atoms with E-state index in [0.717, 1.165) is 6.54 Å². The van der Waals surface area contributed by atoms with Crippen LogP contribution in [0, 0.1) is 0 Å². The average molecular weight is 255 g/mol. The lowest BCUT2D eigenvalue weighted by molar-refractivity contribution is 0.0892. The quantitative estimate of drug-likeness (QED) is 0.630. The molecule has 3 N–H and O–H groups in total. The molecule has 0 atom stereocenters. The van der Waals surface area contributed by atoms with Gasteiger partial charge >= 0.3 is 0 Å². The number of carbonyl (C=O) groups is 1. The topological polar surface area (TPSA) is 85.4 Å². The van der Waals surface area contributed by atoms with E-state index in [4.69, 9.17) is 10.5 Å². The maximum absolute atomic E-state index is 11.8. The van der Waals surface area contributed by atoms with Crippen molar-refractivity contribution in [3.8, 4) is 0 Å². The smallest absolute Gasteiger partial charge is 0.271 e. The number of anilines is 1. The summed E-state index contributed by atoms with van der Waals surface area (Å²) in [7, 11) is 5.64. The van der Waals surface area contributed by atoms with Crippen molar-refractivity contribution in [3.05, 3.63) is 11.9 Å². The predicted octanol–water partition coefficient (Wildman–Crippen LogP) is -0.690. The molecule has 0 aromatic carbocycles. The summed E-state index contributed by atoms with van der Waals surface area (Å²) in [6.07, 6.45) is 1.46. The van der Waals surface area contributed by atoms with Gasteiger partial charge in [-0.15, -0.1) is 0 Å². The molecule has 0 fully saturated rings. The van der Waals surface area contributed by atoms with Crippen molar-refractivity contribution < 1.29 is 9.53 Å². The molecule has 0 aliphatic rings. The highest BCUT2D eigenvalue weighted by atomic mass is 16.5. The maximum atomic E-state index is 11.8. The van der Waals surface area contributed by atoms with E-state index < -0.39 is 0 Å². The summed E-state index contributed by atoms with van der Waals surface area (Å²) < 4.78 is 6.82. The van der Waals surface area contributed by atoms with Crippen molar-refractivity contribution in [2.24, 2.45) is 7.05 Å². The van der Waals surface area contributed by atoms with Gasteiger partial charge in [-0.3, -0.25) is 9.48 Å². The fraction of sp³-hybridized carbons (Fsp3) is 0.636. The second kappa shape index (κ2) is 6.97. The third-order valence-corrected chi connectivity index (χ3v) is 2.40. The third kappa shape index (κ3) is 4.34. The zero-order chi connectivity index (χ0) is 13.5. The Balaban J connectivity index is 2.22. The molecule has 1 amide bonds. The van der Waals surface area contributed by atoms with E-state index in [0.29, 0.717) is 31.1 Å². The van der Waals surface area contributed by atoms with Crippen molar-refractivity contribution in [1.29, 1.82) is 0 Å². The first-order valence-electron chi connectivity index (χ1n) is 5.80. The second-order valence-corrected chi connectivity index (χ2v) is 4.24. The van der Waals surface area contributed by atoms with Crippen LogP contribution in [0.4, 0.5) is 5.69 Å². The van der Waals surface area contributed by atoms with Crippen molar-refractivity contribution in [1.82, 2.24) is 20.0 Å². The summed E-state index contributed by atoms with van der Waals surface area (Å²) in [4.78, 5) is 13.8. The molecule has 102 valence electrons. The summed E-state index contributed by atoms with van der Waals surface area (Å²) >= 11 is 0. The van der Waals surface area contributed by atoms with Crippen molar-refractivity contribution in [3.63, 3.8) is 0 Å². The summed E-state index contributed by atoms with van der Waals surface area (Å²) in [5, 5.41) is 6.64. The van der Waals surface area contributed by atoms with Gasteiger partial charge in [0, 0.05) is 20.1 Å². The molecular weight excluding hydrogens is 234 g/mol. The Morgan fingerprint density at radius 3 is 2.83 bits per heavy atom. The zero-order valence-electron chi connectivity index (χ0n) is 11.1. The monoisotopic (exact) mass is 255 g/mol. The highest BCUT2D eigenvalue weighted by molar-refractivity contribution is 5.97. The molecule has 0 bridgehead atoms. The Morgan fingerprint density at radius 1 is 1.56 bits per heavy atom. The van der Waals surface area contributed by atoms with Gasteiger partial charge in [-0.1, -0.05) is 0 Å².